The highest BCUT2D eigenvalue weighted by molar-refractivity contribution is 8.00. The molecule has 0 N–H and O–H groups in total. The average molecular weight is 744 g/mol. The summed E-state index contributed by atoms with van der Waals surface area (Å²) in [6.45, 7) is 1.42. The summed E-state index contributed by atoms with van der Waals surface area (Å²) in [5.74, 6) is -16.8. The highest BCUT2D eigenvalue weighted by Crippen LogP contribution is 2.43. The summed E-state index contributed by atoms with van der Waals surface area (Å²) in [5.41, 5.74) is -2.46. The molecule has 0 spiro atoms. The maximum absolute atomic E-state index is 15.2. The van der Waals surface area contributed by atoms with Crippen LogP contribution in [0.4, 0.5) is 35.1 Å². The van der Waals surface area contributed by atoms with E-state index >= 15 is 17.6 Å². The van der Waals surface area contributed by atoms with E-state index in [2.05, 4.69) is 12.0 Å². The molecule has 5 aromatic rings. The molecule has 0 unspecified atom stereocenters. The van der Waals surface area contributed by atoms with Crippen LogP contribution < -0.4 is 4.74 Å². The van der Waals surface area contributed by atoms with Crippen molar-refractivity contribution in [3.63, 3.8) is 0 Å². The third-order valence-electron chi connectivity index (χ3n) is 7.09. The number of aryl methyl sites for hydroxylation is 1. The molecule has 0 aliphatic carbocycles. The summed E-state index contributed by atoms with van der Waals surface area (Å²) < 4.78 is 124. The normalized spacial score (nSPS) is 10.9. The van der Waals surface area contributed by atoms with Gasteiger partial charge in [0.25, 0.3) is 0 Å². The molecule has 0 amide bonds. The van der Waals surface area contributed by atoms with Gasteiger partial charge in [-0.3, -0.25) is 0 Å². The van der Waals surface area contributed by atoms with Gasteiger partial charge in [0.1, 0.15) is 6.07 Å². The van der Waals surface area contributed by atoms with Crippen molar-refractivity contribution in [1.29, 1.82) is 5.26 Å². The smallest absolute Gasteiger partial charge is 0.204 e. The van der Waals surface area contributed by atoms with Gasteiger partial charge in [-0.05, 0) is 73.5 Å². The lowest BCUT2D eigenvalue weighted by molar-refractivity contribution is 0.269. The standard InChI is InChI=1S/C37H21F8NOS3/c1-3-4-5-17-47-36-32(42)28(38)26(29(39)33(36)43)27-30(40)34(44)37(35(45)31(27)41)50-23-15-11-21(12-16-23)48-20-9-13-22(14-10-20)49-25-8-6-7-19(2)24(25)18-46/h1,6-16H,4-5,17H2,2H3. The highest BCUT2D eigenvalue weighted by atomic mass is 32.2. The first kappa shape index (κ1) is 36.7. The largest absolute Gasteiger partial charge is 0.487 e. The molecule has 0 fully saturated rings. The van der Waals surface area contributed by atoms with Gasteiger partial charge < -0.3 is 4.74 Å². The Kier molecular flexibility index (Phi) is 11.7. The number of terminal acetylenes is 1. The summed E-state index contributed by atoms with van der Waals surface area (Å²) in [5, 5.41) is 9.47. The predicted octanol–water partition coefficient (Wildman–Crippen LogP) is 11.9. The first-order valence-electron chi connectivity index (χ1n) is 14.5. The monoisotopic (exact) mass is 743 g/mol. The Hall–Kier alpha value is -4.56. The fourth-order valence-electron chi connectivity index (χ4n) is 4.63. The van der Waals surface area contributed by atoms with Crippen LogP contribution >= 0.6 is 35.3 Å². The fourth-order valence-corrected chi connectivity index (χ4v) is 7.29. The van der Waals surface area contributed by atoms with Crippen molar-refractivity contribution in [2.75, 3.05) is 6.61 Å². The summed E-state index contributed by atoms with van der Waals surface area (Å²) in [6, 6.07) is 21.5. The third kappa shape index (κ3) is 7.60. The minimum atomic E-state index is -2.31. The number of nitriles is 1. The molecule has 0 heterocycles. The van der Waals surface area contributed by atoms with Crippen LogP contribution in [0.2, 0.25) is 0 Å². The fraction of sp³-hybridized carbons (Fsp3) is 0.108. The molecule has 5 aromatic carbocycles. The van der Waals surface area contributed by atoms with Crippen molar-refractivity contribution in [2.24, 2.45) is 0 Å². The molecular formula is C37H21F8NOS3. The number of unbranched alkanes of at least 4 members (excludes halogenated alkanes) is 1. The maximum Gasteiger partial charge on any atom is 0.204 e. The van der Waals surface area contributed by atoms with E-state index in [0.717, 1.165) is 20.2 Å². The topological polar surface area (TPSA) is 33.0 Å². The van der Waals surface area contributed by atoms with Crippen LogP contribution in [0.3, 0.4) is 0 Å². The Morgan fingerprint density at radius 2 is 1.08 bits per heavy atom. The van der Waals surface area contributed by atoms with Crippen LogP contribution in [0.5, 0.6) is 5.75 Å². The molecule has 5 rings (SSSR count). The Bertz CT molecular complexity index is 2100. The molecule has 0 radical (unpaired) electrons. The molecule has 0 saturated carbocycles. The van der Waals surface area contributed by atoms with Crippen LogP contribution in [-0.4, -0.2) is 6.61 Å². The van der Waals surface area contributed by atoms with Crippen molar-refractivity contribution in [1.82, 2.24) is 0 Å². The lowest BCUT2D eigenvalue weighted by Gasteiger charge is -2.16. The molecule has 13 heteroatoms. The highest BCUT2D eigenvalue weighted by Gasteiger charge is 2.35. The van der Waals surface area contributed by atoms with Crippen LogP contribution in [0, 0.1) is 77.1 Å². The first-order chi connectivity index (χ1) is 24.0. The SMILES string of the molecule is C#CCCCOc1c(F)c(F)c(-c2c(F)c(F)c(Sc3ccc(Sc4ccc(Sc5cccc(C)c5C#N)cc4)cc3)c(F)c2F)c(F)c1F. The van der Waals surface area contributed by atoms with E-state index in [4.69, 9.17) is 11.2 Å². The summed E-state index contributed by atoms with van der Waals surface area (Å²) in [7, 11) is 0. The van der Waals surface area contributed by atoms with E-state index in [0.29, 0.717) is 22.2 Å². The van der Waals surface area contributed by atoms with E-state index in [1.165, 1.54) is 35.7 Å². The van der Waals surface area contributed by atoms with Gasteiger partial charge in [0, 0.05) is 30.9 Å². The van der Waals surface area contributed by atoms with Gasteiger partial charge in [0.2, 0.25) is 11.6 Å². The van der Waals surface area contributed by atoms with Crippen molar-refractivity contribution in [3.8, 4) is 35.3 Å². The van der Waals surface area contributed by atoms with Gasteiger partial charge in [0.15, 0.2) is 40.7 Å². The van der Waals surface area contributed by atoms with Gasteiger partial charge in [-0.15, -0.1) is 12.3 Å². The molecule has 0 aliphatic rings. The molecular weight excluding hydrogens is 723 g/mol. The van der Waals surface area contributed by atoms with Gasteiger partial charge in [-0.25, -0.2) is 26.3 Å². The minimum absolute atomic E-state index is 0.0649. The number of hydrogen-bond acceptors (Lipinski definition) is 5. The Morgan fingerprint density at radius 3 is 1.56 bits per heavy atom. The molecule has 2 nitrogen and oxygen atoms in total. The zero-order valence-corrected chi connectivity index (χ0v) is 28.1. The minimum Gasteiger partial charge on any atom is -0.487 e. The second-order valence-electron chi connectivity index (χ2n) is 10.4. The second kappa shape index (κ2) is 16.0. The van der Waals surface area contributed by atoms with E-state index in [-0.39, 0.29) is 17.7 Å². The molecule has 0 atom stereocenters. The van der Waals surface area contributed by atoms with Crippen molar-refractivity contribution in [2.45, 2.75) is 49.1 Å². The number of rotatable bonds is 11. The Labute approximate surface area is 294 Å². The van der Waals surface area contributed by atoms with E-state index in [9.17, 15) is 22.8 Å². The number of ether oxygens (including phenoxy) is 1. The van der Waals surface area contributed by atoms with Gasteiger partial charge >= 0.3 is 0 Å². The van der Waals surface area contributed by atoms with Crippen LogP contribution in [0.25, 0.3) is 11.1 Å². The maximum atomic E-state index is 15.2. The van der Waals surface area contributed by atoms with Crippen molar-refractivity contribution < 1.29 is 39.9 Å². The summed E-state index contributed by atoms with van der Waals surface area (Å²) in [4.78, 5) is 2.28. The van der Waals surface area contributed by atoms with Crippen molar-refractivity contribution in [3.05, 3.63) is 124 Å². The number of nitrogens with zero attached hydrogens (tertiary/aromatic N) is 1. The summed E-state index contributed by atoms with van der Waals surface area (Å²) in [6.07, 6.45) is 5.23. The average Bonchev–Trinajstić information content (AvgIpc) is 3.11. The van der Waals surface area contributed by atoms with E-state index in [1.54, 1.807) is 12.1 Å². The summed E-state index contributed by atoms with van der Waals surface area (Å²) >= 11 is 3.10. The van der Waals surface area contributed by atoms with Gasteiger partial charge in [-0.1, -0.05) is 47.4 Å². The first-order valence-corrected chi connectivity index (χ1v) is 16.9. The molecule has 0 bridgehead atoms. The molecule has 254 valence electrons. The Balaban J connectivity index is 1.34. The molecule has 0 aliphatic heterocycles. The number of hydrogen-bond donors (Lipinski definition) is 0. The zero-order chi connectivity index (χ0) is 36.1. The van der Waals surface area contributed by atoms with Gasteiger partial charge in [0.05, 0.1) is 28.2 Å². The lowest BCUT2D eigenvalue weighted by atomic mass is 10.0. The molecule has 0 aromatic heterocycles. The van der Waals surface area contributed by atoms with E-state index < -0.39 is 74.9 Å². The van der Waals surface area contributed by atoms with Crippen LogP contribution in [0.15, 0.2) is 96.1 Å². The van der Waals surface area contributed by atoms with Crippen LogP contribution in [0.1, 0.15) is 24.0 Å². The van der Waals surface area contributed by atoms with Gasteiger partial charge in [-0.2, -0.15) is 14.0 Å². The van der Waals surface area contributed by atoms with E-state index in [1.807, 2.05) is 49.4 Å². The van der Waals surface area contributed by atoms with Crippen molar-refractivity contribution >= 4 is 35.3 Å². The van der Waals surface area contributed by atoms with Crippen LogP contribution in [-0.2, 0) is 0 Å². The zero-order valence-electron chi connectivity index (χ0n) is 25.7. The number of halogens is 8. The molecule has 50 heavy (non-hydrogen) atoms. The molecule has 0 saturated heterocycles. The quantitative estimate of drug-likeness (QED) is 0.0582. The third-order valence-corrected chi connectivity index (χ3v) is 10.2. The number of benzene rings is 5. The predicted molar refractivity (Wildman–Crippen MR) is 176 cm³/mol. The second-order valence-corrected chi connectivity index (χ2v) is 13.7. The Morgan fingerprint density at radius 1 is 0.620 bits per heavy atom. The lowest BCUT2D eigenvalue weighted by Crippen LogP contribution is -2.10.